The Hall–Kier alpha value is -2.29. The van der Waals surface area contributed by atoms with E-state index in [2.05, 4.69) is 5.32 Å². The maximum absolute atomic E-state index is 13.8. The lowest BCUT2D eigenvalue weighted by Gasteiger charge is -2.42. The normalized spacial score (nSPS) is 25.7. The number of carbonyl (C=O) groups excluding carboxylic acids is 2. The Morgan fingerprint density at radius 2 is 1.91 bits per heavy atom. The van der Waals surface area contributed by atoms with E-state index in [0.717, 1.165) is 18.6 Å². The van der Waals surface area contributed by atoms with E-state index < -0.39 is 34.9 Å². The Bertz CT molecular complexity index is 910. The van der Waals surface area contributed by atoms with Gasteiger partial charge in [-0.05, 0) is 69.2 Å². The molecule has 1 aliphatic heterocycles. The third kappa shape index (κ3) is 5.45. The molecule has 0 aromatic heterocycles. The molecule has 3 atom stereocenters. The van der Waals surface area contributed by atoms with Crippen LogP contribution in [0, 0.1) is 11.3 Å². The Balaban J connectivity index is 1.96. The van der Waals surface area contributed by atoms with Gasteiger partial charge in [0.2, 0.25) is 5.91 Å². The third-order valence-corrected chi connectivity index (χ3v) is 6.71. The summed E-state index contributed by atoms with van der Waals surface area (Å²) in [5.74, 6) is -0.0942. The number of nitrogens with one attached hydrogen (secondary N) is 1. The molecule has 1 fully saturated rings. The van der Waals surface area contributed by atoms with Crippen LogP contribution in [-0.2, 0) is 22.3 Å². The number of hydrogen-bond acceptors (Lipinski definition) is 4. The van der Waals surface area contributed by atoms with Gasteiger partial charge in [0, 0.05) is 19.1 Å². The van der Waals surface area contributed by atoms with Gasteiger partial charge >= 0.3 is 12.3 Å². The van der Waals surface area contributed by atoms with Gasteiger partial charge in [-0.2, -0.15) is 13.2 Å². The van der Waals surface area contributed by atoms with Crippen molar-refractivity contribution >= 4 is 12.0 Å². The Morgan fingerprint density at radius 1 is 1.24 bits per heavy atom. The van der Waals surface area contributed by atoms with Crippen LogP contribution in [0.4, 0.5) is 18.0 Å². The second-order valence-electron chi connectivity index (χ2n) is 10.6. The van der Waals surface area contributed by atoms with Crippen molar-refractivity contribution in [3.63, 3.8) is 0 Å². The zero-order valence-electron chi connectivity index (χ0n) is 19.9. The number of halogens is 3. The summed E-state index contributed by atoms with van der Waals surface area (Å²) >= 11 is 0. The van der Waals surface area contributed by atoms with Crippen molar-refractivity contribution < 1.29 is 27.5 Å². The number of amides is 2. The summed E-state index contributed by atoms with van der Waals surface area (Å²) in [6.45, 7) is 9.33. The Morgan fingerprint density at radius 3 is 2.42 bits per heavy atom. The van der Waals surface area contributed by atoms with Crippen molar-refractivity contribution in [2.24, 2.45) is 17.1 Å². The fourth-order valence-electron chi connectivity index (χ4n) is 4.97. The molecular weight excluding hydrogens is 435 g/mol. The number of alkyl halides is 3. The minimum atomic E-state index is -4.51. The Kier molecular flexibility index (Phi) is 6.77. The van der Waals surface area contributed by atoms with Crippen molar-refractivity contribution in [3.8, 4) is 0 Å². The number of ether oxygens (including phenoxy) is 1. The maximum atomic E-state index is 13.8. The van der Waals surface area contributed by atoms with Crippen LogP contribution in [-0.4, -0.2) is 35.1 Å². The molecule has 1 aliphatic carbocycles. The lowest BCUT2D eigenvalue weighted by Crippen LogP contribution is -2.51. The van der Waals surface area contributed by atoms with Crippen LogP contribution in [0.3, 0.4) is 0 Å². The summed E-state index contributed by atoms with van der Waals surface area (Å²) in [4.78, 5) is 27.8. The van der Waals surface area contributed by atoms with Crippen LogP contribution < -0.4 is 11.1 Å². The molecule has 1 heterocycles. The first-order valence-electron chi connectivity index (χ1n) is 11.4. The number of hydrogen-bond donors (Lipinski definition) is 2. The maximum Gasteiger partial charge on any atom is 0.416 e. The number of alkyl carbamates (subject to hydrolysis) is 1. The molecule has 33 heavy (non-hydrogen) atoms. The molecule has 0 unspecified atom stereocenters. The second kappa shape index (κ2) is 8.81. The summed E-state index contributed by atoms with van der Waals surface area (Å²) in [6, 6.07) is 2.69. The number of nitrogens with two attached hydrogens (primary N) is 1. The highest BCUT2D eigenvalue weighted by molar-refractivity contribution is 5.84. The van der Waals surface area contributed by atoms with E-state index in [1.54, 1.807) is 25.7 Å². The van der Waals surface area contributed by atoms with Crippen LogP contribution in [0.5, 0.6) is 0 Å². The summed E-state index contributed by atoms with van der Waals surface area (Å²) in [5.41, 5.74) is 4.89. The van der Waals surface area contributed by atoms with Crippen molar-refractivity contribution in [1.82, 2.24) is 10.2 Å². The highest BCUT2D eigenvalue weighted by atomic mass is 19.4. The van der Waals surface area contributed by atoms with E-state index in [1.165, 1.54) is 6.07 Å². The molecular formula is C24H34F3N3O3. The van der Waals surface area contributed by atoms with Crippen molar-refractivity contribution in [1.29, 1.82) is 0 Å². The van der Waals surface area contributed by atoms with Crippen molar-refractivity contribution in [3.05, 3.63) is 34.9 Å². The number of nitrogens with zero attached hydrogens (tertiary/aromatic N) is 1. The van der Waals surface area contributed by atoms with E-state index >= 15 is 0 Å². The molecule has 3 rings (SSSR count). The van der Waals surface area contributed by atoms with Crippen LogP contribution in [0.25, 0.3) is 0 Å². The van der Waals surface area contributed by atoms with Gasteiger partial charge in [0.1, 0.15) is 5.60 Å². The Labute approximate surface area is 193 Å². The summed E-state index contributed by atoms with van der Waals surface area (Å²) in [5, 5.41) is 2.75. The first kappa shape index (κ1) is 25.3. The second-order valence-corrected chi connectivity index (χ2v) is 10.6. The van der Waals surface area contributed by atoms with Crippen LogP contribution in [0.1, 0.15) is 76.6 Å². The average Bonchev–Trinajstić information content (AvgIpc) is 3.07. The van der Waals surface area contributed by atoms with Gasteiger partial charge < -0.3 is 20.7 Å². The molecule has 1 aromatic rings. The monoisotopic (exact) mass is 469 g/mol. The number of benzene rings is 1. The SMILES string of the molecule is CC(C)[C@]1(C(=O)N2Cc3cc(C(F)(F)F)ccc3[C@H](NC(=O)OC(C)(C)C)C2)CC[C@@H](N)C1. The van der Waals surface area contributed by atoms with Gasteiger partial charge in [0.05, 0.1) is 17.0 Å². The number of carbonyl (C=O) groups is 2. The minimum absolute atomic E-state index is 0.0266. The van der Waals surface area contributed by atoms with Gasteiger partial charge in [-0.25, -0.2) is 4.79 Å². The summed E-state index contributed by atoms with van der Waals surface area (Å²) in [7, 11) is 0. The van der Waals surface area contributed by atoms with Crippen LogP contribution in [0.15, 0.2) is 18.2 Å². The zero-order valence-corrected chi connectivity index (χ0v) is 19.9. The zero-order chi connectivity index (χ0) is 24.8. The van der Waals surface area contributed by atoms with Crippen LogP contribution >= 0.6 is 0 Å². The van der Waals surface area contributed by atoms with E-state index in [-0.39, 0.29) is 31.0 Å². The molecule has 2 aliphatic rings. The highest BCUT2D eigenvalue weighted by Gasteiger charge is 2.49. The lowest BCUT2D eigenvalue weighted by atomic mass is 9.73. The van der Waals surface area contributed by atoms with E-state index in [0.29, 0.717) is 24.0 Å². The van der Waals surface area contributed by atoms with Crippen LogP contribution in [0.2, 0.25) is 0 Å². The largest absolute Gasteiger partial charge is 0.444 e. The molecule has 2 amide bonds. The first-order valence-corrected chi connectivity index (χ1v) is 11.4. The fraction of sp³-hybridized carbons (Fsp3) is 0.667. The average molecular weight is 470 g/mol. The standard InChI is InChI=1S/C24H34F3N3O3/c1-14(2)23(9-8-17(28)11-23)20(31)30-12-15-10-16(24(25,26)27)6-7-18(15)19(13-30)29-21(32)33-22(3,4)5/h6-7,10,14,17,19H,8-9,11-13,28H2,1-5H3,(H,29,32)/t17-,19-,23+/m1/s1. The van der Waals surface area contributed by atoms with Gasteiger partial charge in [-0.15, -0.1) is 0 Å². The van der Waals surface area contributed by atoms with Gasteiger partial charge in [0.25, 0.3) is 0 Å². The predicted octanol–water partition coefficient (Wildman–Crippen LogP) is 4.77. The topological polar surface area (TPSA) is 84.7 Å². The van der Waals surface area contributed by atoms with E-state index in [4.69, 9.17) is 10.5 Å². The van der Waals surface area contributed by atoms with E-state index in [9.17, 15) is 22.8 Å². The summed E-state index contributed by atoms with van der Waals surface area (Å²) in [6.07, 6.45) is -3.28. The molecule has 6 nitrogen and oxygen atoms in total. The van der Waals surface area contributed by atoms with Gasteiger partial charge in [-0.3, -0.25) is 4.79 Å². The van der Waals surface area contributed by atoms with E-state index in [1.807, 2.05) is 13.8 Å². The summed E-state index contributed by atoms with van der Waals surface area (Å²) < 4.78 is 45.5. The van der Waals surface area contributed by atoms with Crippen molar-refractivity contribution in [2.45, 2.75) is 84.3 Å². The molecule has 3 N–H and O–H groups in total. The number of rotatable bonds is 3. The molecule has 9 heteroatoms. The fourth-order valence-corrected chi connectivity index (χ4v) is 4.97. The van der Waals surface area contributed by atoms with Gasteiger partial charge in [-0.1, -0.05) is 19.9 Å². The minimum Gasteiger partial charge on any atom is -0.444 e. The molecule has 0 spiro atoms. The third-order valence-electron chi connectivity index (χ3n) is 6.71. The van der Waals surface area contributed by atoms with Crippen molar-refractivity contribution in [2.75, 3.05) is 6.54 Å². The molecule has 1 aromatic carbocycles. The molecule has 0 saturated heterocycles. The number of fused-ring (bicyclic) bond motifs is 1. The lowest BCUT2D eigenvalue weighted by molar-refractivity contribution is -0.146. The smallest absolute Gasteiger partial charge is 0.416 e. The first-order chi connectivity index (χ1) is 15.1. The molecule has 0 radical (unpaired) electrons. The predicted molar refractivity (Wildman–Crippen MR) is 118 cm³/mol. The molecule has 1 saturated carbocycles. The highest BCUT2D eigenvalue weighted by Crippen LogP contribution is 2.46. The molecule has 184 valence electrons. The van der Waals surface area contributed by atoms with Gasteiger partial charge in [0.15, 0.2) is 0 Å². The molecule has 0 bridgehead atoms. The quantitative estimate of drug-likeness (QED) is 0.668.